The fraction of sp³-hybridized carbons (Fsp3) is 0. The van der Waals surface area contributed by atoms with Crippen molar-refractivity contribution in [2.75, 3.05) is 5.32 Å². The summed E-state index contributed by atoms with van der Waals surface area (Å²) in [7, 11) is 0. The molecule has 0 aliphatic heterocycles. The standard InChI is InChI=1S/C15H11ClN6O2/c16-10-2-1-3-11(7-10)20-15-19-8-18-13(21-15)9-4-5-17-12(6-9)14(23)22-24/h1-8,24H,(H,22,23)(H,18,19,20,21). The summed E-state index contributed by atoms with van der Waals surface area (Å²) in [4.78, 5) is 27.7. The van der Waals surface area contributed by atoms with Gasteiger partial charge in [-0.15, -0.1) is 0 Å². The zero-order chi connectivity index (χ0) is 16.9. The maximum Gasteiger partial charge on any atom is 0.293 e. The van der Waals surface area contributed by atoms with Crippen molar-refractivity contribution < 1.29 is 10.0 Å². The molecule has 0 fully saturated rings. The summed E-state index contributed by atoms with van der Waals surface area (Å²) in [5, 5.41) is 12.3. The van der Waals surface area contributed by atoms with Crippen molar-refractivity contribution >= 4 is 29.1 Å². The fourth-order valence-corrected chi connectivity index (χ4v) is 2.13. The summed E-state index contributed by atoms with van der Waals surface area (Å²) in [6, 6.07) is 10.2. The third kappa shape index (κ3) is 3.62. The molecule has 0 bridgehead atoms. The van der Waals surface area contributed by atoms with Crippen LogP contribution in [-0.2, 0) is 0 Å². The fourth-order valence-electron chi connectivity index (χ4n) is 1.94. The lowest BCUT2D eigenvalue weighted by Crippen LogP contribution is -2.19. The molecule has 3 aromatic rings. The number of amides is 1. The van der Waals surface area contributed by atoms with Crippen LogP contribution in [-0.4, -0.2) is 31.1 Å². The van der Waals surface area contributed by atoms with Gasteiger partial charge in [-0.2, -0.15) is 4.98 Å². The molecule has 0 spiro atoms. The summed E-state index contributed by atoms with van der Waals surface area (Å²) in [6.07, 6.45) is 2.77. The van der Waals surface area contributed by atoms with Gasteiger partial charge >= 0.3 is 0 Å². The molecule has 3 N–H and O–H groups in total. The number of hydrogen-bond donors (Lipinski definition) is 3. The van der Waals surface area contributed by atoms with Gasteiger partial charge in [0.15, 0.2) is 5.82 Å². The van der Waals surface area contributed by atoms with Gasteiger partial charge < -0.3 is 5.32 Å². The Hall–Kier alpha value is -3.10. The van der Waals surface area contributed by atoms with E-state index in [0.717, 1.165) is 5.69 Å². The number of carbonyl (C=O) groups excluding carboxylic acids is 1. The Morgan fingerprint density at radius 3 is 2.79 bits per heavy atom. The highest BCUT2D eigenvalue weighted by Crippen LogP contribution is 2.20. The number of nitrogens with one attached hydrogen (secondary N) is 2. The number of carbonyl (C=O) groups is 1. The van der Waals surface area contributed by atoms with Crippen LogP contribution in [0.15, 0.2) is 48.9 Å². The second-order valence-electron chi connectivity index (χ2n) is 4.64. The van der Waals surface area contributed by atoms with Crippen LogP contribution in [0.3, 0.4) is 0 Å². The molecule has 1 aromatic carbocycles. The van der Waals surface area contributed by atoms with Crippen molar-refractivity contribution in [1.82, 2.24) is 25.4 Å². The molecule has 2 aromatic heterocycles. The van der Waals surface area contributed by atoms with E-state index < -0.39 is 5.91 Å². The van der Waals surface area contributed by atoms with E-state index in [4.69, 9.17) is 16.8 Å². The third-order valence-corrected chi connectivity index (χ3v) is 3.24. The van der Waals surface area contributed by atoms with Crippen LogP contribution in [0.5, 0.6) is 0 Å². The second-order valence-corrected chi connectivity index (χ2v) is 5.08. The number of rotatable bonds is 4. The molecule has 0 atom stereocenters. The molecule has 0 aliphatic rings. The Morgan fingerprint density at radius 1 is 1.12 bits per heavy atom. The molecule has 1 amide bonds. The van der Waals surface area contributed by atoms with Crippen molar-refractivity contribution in [3.05, 3.63) is 59.6 Å². The van der Waals surface area contributed by atoms with E-state index in [0.29, 0.717) is 22.4 Å². The van der Waals surface area contributed by atoms with Gasteiger partial charge in [-0.3, -0.25) is 15.0 Å². The summed E-state index contributed by atoms with van der Waals surface area (Å²) in [5.41, 5.74) is 2.86. The average molecular weight is 343 g/mol. The topological polar surface area (TPSA) is 113 Å². The van der Waals surface area contributed by atoms with Crippen molar-refractivity contribution in [3.63, 3.8) is 0 Å². The number of aromatic nitrogens is 4. The molecule has 0 saturated carbocycles. The minimum absolute atomic E-state index is 0.0414. The quantitative estimate of drug-likeness (QED) is 0.493. The smallest absolute Gasteiger partial charge is 0.293 e. The zero-order valence-electron chi connectivity index (χ0n) is 12.1. The lowest BCUT2D eigenvalue weighted by Gasteiger charge is -2.07. The molecular weight excluding hydrogens is 332 g/mol. The molecule has 9 heteroatoms. The lowest BCUT2D eigenvalue weighted by atomic mass is 10.2. The van der Waals surface area contributed by atoms with E-state index in [-0.39, 0.29) is 5.69 Å². The number of benzene rings is 1. The van der Waals surface area contributed by atoms with Crippen LogP contribution < -0.4 is 10.8 Å². The van der Waals surface area contributed by atoms with E-state index >= 15 is 0 Å². The normalized spacial score (nSPS) is 10.2. The van der Waals surface area contributed by atoms with Crippen LogP contribution in [0.1, 0.15) is 10.5 Å². The van der Waals surface area contributed by atoms with Crippen molar-refractivity contribution in [2.45, 2.75) is 0 Å². The summed E-state index contributed by atoms with van der Waals surface area (Å²) in [6.45, 7) is 0. The molecule has 0 radical (unpaired) electrons. The number of pyridine rings is 1. The summed E-state index contributed by atoms with van der Waals surface area (Å²) < 4.78 is 0. The second kappa shape index (κ2) is 6.99. The minimum atomic E-state index is -0.719. The van der Waals surface area contributed by atoms with Crippen LogP contribution in [0, 0.1) is 0 Å². The first-order valence-electron chi connectivity index (χ1n) is 6.78. The first-order valence-corrected chi connectivity index (χ1v) is 7.16. The predicted molar refractivity (Wildman–Crippen MR) is 87.0 cm³/mol. The van der Waals surface area contributed by atoms with Gasteiger partial charge in [-0.1, -0.05) is 17.7 Å². The molecule has 2 heterocycles. The SMILES string of the molecule is O=C(NO)c1cc(-c2ncnc(Nc3cccc(Cl)c3)n2)ccn1. The highest BCUT2D eigenvalue weighted by atomic mass is 35.5. The first-order chi connectivity index (χ1) is 11.7. The van der Waals surface area contributed by atoms with E-state index in [1.165, 1.54) is 24.1 Å². The predicted octanol–water partition coefficient (Wildman–Crippen LogP) is 2.45. The maximum absolute atomic E-state index is 11.4. The Bertz CT molecular complexity index is 889. The monoisotopic (exact) mass is 342 g/mol. The largest absolute Gasteiger partial charge is 0.324 e. The Morgan fingerprint density at radius 2 is 2.00 bits per heavy atom. The van der Waals surface area contributed by atoms with E-state index in [1.807, 2.05) is 6.07 Å². The van der Waals surface area contributed by atoms with E-state index in [2.05, 4.69) is 25.3 Å². The van der Waals surface area contributed by atoms with Crippen LogP contribution >= 0.6 is 11.6 Å². The summed E-state index contributed by atoms with van der Waals surface area (Å²) >= 11 is 5.94. The number of anilines is 2. The Kier molecular flexibility index (Phi) is 4.59. The molecule has 3 rings (SSSR count). The van der Waals surface area contributed by atoms with Crippen LogP contribution in [0.4, 0.5) is 11.6 Å². The Labute approximate surface area is 141 Å². The number of hydrogen-bond acceptors (Lipinski definition) is 7. The summed E-state index contributed by atoms with van der Waals surface area (Å²) in [5.74, 6) is -0.0423. The maximum atomic E-state index is 11.4. The first kappa shape index (κ1) is 15.8. The zero-order valence-corrected chi connectivity index (χ0v) is 12.9. The molecule has 120 valence electrons. The molecule has 0 aliphatic carbocycles. The highest BCUT2D eigenvalue weighted by molar-refractivity contribution is 6.30. The van der Waals surface area contributed by atoms with Gasteiger partial charge in [-0.05, 0) is 30.3 Å². The van der Waals surface area contributed by atoms with Crippen molar-refractivity contribution in [2.24, 2.45) is 0 Å². The molecule has 8 nitrogen and oxygen atoms in total. The van der Waals surface area contributed by atoms with Crippen LogP contribution in [0.2, 0.25) is 5.02 Å². The van der Waals surface area contributed by atoms with Crippen molar-refractivity contribution in [1.29, 1.82) is 0 Å². The number of halogens is 1. The lowest BCUT2D eigenvalue weighted by molar-refractivity contribution is 0.0701. The third-order valence-electron chi connectivity index (χ3n) is 3.00. The van der Waals surface area contributed by atoms with Crippen molar-refractivity contribution in [3.8, 4) is 11.4 Å². The molecule has 0 saturated heterocycles. The molecular formula is C15H11ClN6O2. The van der Waals surface area contributed by atoms with E-state index in [1.54, 1.807) is 24.3 Å². The number of nitrogens with zero attached hydrogens (tertiary/aromatic N) is 4. The van der Waals surface area contributed by atoms with E-state index in [9.17, 15) is 4.79 Å². The van der Waals surface area contributed by atoms with Gasteiger partial charge in [0, 0.05) is 22.5 Å². The van der Waals surface area contributed by atoms with Gasteiger partial charge in [0.25, 0.3) is 5.91 Å². The van der Waals surface area contributed by atoms with Gasteiger partial charge in [-0.25, -0.2) is 15.4 Å². The van der Waals surface area contributed by atoms with Gasteiger partial charge in [0.2, 0.25) is 5.95 Å². The average Bonchev–Trinajstić information content (AvgIpc) is 2.61. The molecule has 0 unspecified atom stereocenters. The van der Waals surface area contributed by atoms with Gasteiger partial charge in [0.1, 0.15) is 12.0 Å². The molecule has 24 heavy (non-hydrogen) atoms. The number of hydroxylamine groups is 1. The highest BCUT2D eigenvalue weighted by Gasteiger charge is 2.10. The van der Waals surface area contributed by atoms with Crippen LogP contribution in [0.25, 0.3) is 11.4 Å². The Balaban J connectivity index is 1.89. The minimum Gasteiger partial charge on any atom is -0.324 e. The van der Waals surface area contributed by atoms with Gasteiger partial charge in [0.05, 0.1) is 0 Å².